The molecule has 1 aromatic rings. The lowest BCUT2D eigenvalue weighted by Crippen LogP contribution is -2.29. The number of hydrogen-bond acceptors (Lipinski definition) is 4. The maximum absolute atomic E-state index is 13.4. The van der Waals surface area contributed by atoms with Gasteiger partial charge in [-0.05, 0) is 43.9 Å². The predicted molar refractivity (Wildman–Crippen MR) is 71.6 cm³/mol. The third-order valence-corrected chi connectivity index (χ3v) is 3.78. The molecule has 1 aliphatic carbocycles. The number of hydrogen-bond donors (Lipinski definition) is 2. The van der Waals surface area contributed by atoms with E-state index in [0.29, 0.717) is 23.7 Å². The highest BCUT2D eigenvalue weighted by atomic mass is 19.1. The van der Waals surface area contributed by atoms with Crippen molar-refractivity contribution in [1.82, 2.24) is 0 Å². The van der Waals surface area contributed by atoms with Gasteiger partial charge in [-0.3, -0.25) is 10.1 Å². The fourth-order valence-corrected chi connectivity index (χ4v) is 2.65. The minimum Gasteiger partial charge on any atom is -0.376 e. The van der Waals surface area contributed by atoms with Crippen molar-refractivity contribution in [2.45, 2.75) is 32.2 Å². The molecule has 0 aliphatic heterocycles. The van der Waals surface area contributed by atoms with Gasteiger partial charge in [-0.15, -0.1) is 0 Å². The van der Waals surface area contributed by atoms with Gasteiger partial charge in [0.05, 0.1) is 11.0 Å². The van der Waals surface area contributed by atoms with Gasteiger partial charge in [0.2, 0.25) is 0 Å². The fraction of sp³-hybridized carbons (Fsp3) is 0.538. The second kappa shape index (κ2) is 5.52. The highest BCUT2D eigenvalue weighted by Crippen LogP contribution is 2.33. The largest absolute Gasteiger partial charge is 0.376 e. The van der Waals surface area contributed by atoms with E-state index in [4.69, 9.17) is 5.73 Å². The Kier molecular flexibility index (Phi) is 3.99. The molecule has 1 saturated carbocycles. The summed E-state index contributed by atoms with van der Waals surface area (Å²) in [6.45, 7) is 2.16. The van der Waals surface area contributed by atoms with Crippen LogP contribution in [-0.4, -0.2) is 17.5 Å². The van der Waals surface area contributed by atoms with Gasteiger partial charge in [-0.25, -0.2) is 4.39 Å². The molecule has 1 aliphatic rings. The van der Waals surface area contributed by atoms with Gasteiger partial charge in [-0.1, -0.05) is 6.42 Å². The van der Waals surface area contributed by atoms with Crippen LogP contribution in [0.25, 0.3) is 0 Å². The first-order valence-corrected chi connectivity index (χ1v) is 6.44. The Bertz CT molecular complexity index is 493. The first kappa shape index (κ1) is 13.7. The van der Waals surface area contributed by atoms with E-state index in [0.717, 1.165) is 25.3 Å². The molecular formula is C13H18FN3O2. The zero-order valence-electron chi connectivity index (χ0n) is 10.9. The number of nitrogens with two attached hydrogens (primary N) is 1. The van der Waals surface area contributed by atoms with Crippen LogP contribution >= 0.6 is 0 Å². The van der Waals surface area contributed by atoms with Crippen LogP contribution < -0.4 is 11.1 Å². The summed E-state index contributed by atoms with van der Waals surface area (Å²) in [5, 5.41) is 14.2. The second-order valence-corrected chi connectivity index (χ2v) is 5.05. The van der Waals surface area contributed by atoms with E-state index in [1.165, 1.54) is 6.07 Å². The van der Waals surface area contributed by atoms with Crippen LogP contribution in [0, 0.1) is 28.8 Å². The van der Waals surface area contributed by atoms with Gasteiger partial charge in [0.15, 0.2) is 0 Å². The number of halogens is 1. The molecule has 3 N–H and O–H groups in total. The number of rotatable bonds is 4. The number of nitro benzene ring substituents is 1. The molecule has 0 spiro atoms. The highest BCUT2D eigenvalue weighted by Gasteiger charge is 2.28. The SMILES string of the molecule is Cc1cc(NC2CCCC2CN)c([N+](=O)[O-])cc1F. The van der Waals surface area contributed by atoms with Crippen LogP contribution in [-0.2, 0) is 0 Å². The smallest absolute Gasteiger partial charge is 0.295 e. The Balaban J connectivity index is 2.28. The molecule has 104 valence electrons. The minimum absolute atomic E-state index is 0.133. The monoisotopic (exact) mass is 267 g/mol. The zero-order valence-corrected chi connectivity index (χ0v) is 10.9. The maximum Gasteiger partial charge on any atom is 0.295 e. The van der Waals surface area contributed by atoms with Gasteiger partial charge < -0.3 is 11.1 Å². The molecule has 19 heavy (non-hydrogen) atoms. The highest BCUT2D eigenvalue weighted by molar-refractivity contribution is 5.63. The summed E-state index contributed by atoms with van der Waals surface area (Å²) in [6.07, 6.45) is 3.03. The molecule has 2 atom stereocenters. The van der Waals surface area contributed by atoms with Gasteiger partial charge in [0.1, 0.15) is 11.5 Å². The summed E-state index contributed by atoms with van der Waals surface area (Å²) >= 11 is 0. The van der Waals surface area contributed by atoms with Crippen LogP contribution in [0.15, 0.2) is 12.1 Å². The van der Waals surface area contributed by atoms with Gasteiger partial charge in [-0.2, -0.15) is 0 Å². The molecule has 0 bridgehead atoms. The molecule has 0 saturated heterocycles. The molecule has 5 nitrogen and oxygen atoms in total. The molecule has 0 amide bonds. The van der Waals surface area contributed by atoms with Crippen molar-refractivity contribution in [3.05, 3.63) is 33.6 Å². The van der Waals surface area contributed by atoms with Crippen molar-refractivity contribution < 1.29 is 9.31 Å². The Morgan fingerprint density at radius 2 is 2.26 bits per heavy atom. The van der Waals surface area contributed by atoms with E-state index in [1.807, 2.05) is 0 Å². The lowest BCUT2D eigenvalue weighted by Gasteiger charge is -2.20. The fourth-order valence-electron chi connectivity index (χ4n) is 2.65. The quantitative estimate of drug-likeness (QED) is 0.649. The number of nitrogens with zero attached hydrogens (tertiary/aromatic N) is 1. The van der Waals surface area contributed by atoms with Crippen molar-refractivity contribution in [3.8, 4) is 0 Å². The topological polar surface area (TPSA) is 81.2 Å². The molecule has 0 aromatic heterocycles. The third-order valence-electron chi connectivity index (χ3n) is 3.78. The van der Waals surface area contributed by atoms with Gasteiger partial charge >= 0.3 is 0 Å². The van der Waals surface area contributed by atoms with Gasteiger partial charge in [0, 0.05) is 6.04 Å². The van der Waals surface area contributed by atoms with Crippen LogP contribution in [0.2, 0.25) is 0 Å². The molecule has 6 heteroatoms. The summed E-state index contributed by atoms with van der Waals surface area (Å²) in [5.41, 5.74) is 6.26. The van der Waals surface area contributed by atoms with Crippen molar-refractivity contribution >= 4 is 11.4 Å². The summed E-state index contributed by atoms with van der Waals surface area (Å²) < 4.78 is 13.4. The Morgan fingerprint density at radius 1 is 1.53 bits per heavy atom. The zero-order chi connectivity index (χ0) is 14.0. The van der Waals surface area contributed by atoms with Crippen molar-refractivity contribution in [1.29, 1.82) is 0 Å². The van der Waals surface area contributed by atoms with Crippen molar-refractivity contribution in [3.63, 3.8) is 0 Å². The van der Waals surface area contributed by atoms with Crippen LogP contribution in [0.4, 0.5) is 15.8 Å². The molecule has 1 aromatic carbocycles. The minimum atomic E-state index is -0.558. The first-order chi connectivity index (χ1) is 9.02. The summed E-state index contributed by atoms with van der Waals surface area (Å²) in [7, 11) is 0. The van der Waals surface area contributed by atoms with E-state index in [2.05, 4.69) is 5.32 Å². The summed E-state index contributed by atoms with van der Waals surface area (Å²) in [4.78, 5) is 10.4. The van der Waals surface area contributed by atoms with Crippen molar-refractivity contribution in [2.75, 3.05) is 11.9 Å². The maximum atomic E-state index is 13.4. The van der Waals surface area contributed by atoms with Crippen LogP contribution in [0.1, 0.15) is 24.8 Å². The standard InChI is InChI=1S/C13H18FN3O2/c1-8-5-12(13(17(18)19)6-10(8)14)16-11-4-2-3-9(11)7-15/h5-6,9,11,16H,2-4,7,15H2,1H3. The number of nitrogens with one attached hydrogen (secondary N) is 1. The van der Waals surface area contributed by atoms with Gasteiger partial charge in [0.25, 0.3) is 5.69 Å². The molecule has 2 rings (SSSR count). The Morgan fingerprint density at radius 3 is 2.89 bits per heavy atom. The number of benzene rings is 1. The summed E-state index contributed by atoms with van der Waals surface area (Å²) in [5.74, 6) is -0.232. The van der Waals surface area contributed by atoms with E-state index >= 15 is 0 Å². The lowest BCUT2D eigenvalue weighted by atomic mass is 10.0. The number of aryl methyl sites for hydroxylation is 1. The Labute approximate surface area is 111 Å². The molecule has 0 radical (unpaired) electrons. The van der Waals surface area contributed by atoms with E-state index in [9.17, 15) is 14.5 Å². The lowest BCUT2D eigenvalue weighted by molar-refractivity contribution is -0.384. The molecule has 2 unspecified atom stereocenters. The summed E-state index contributed by atoms with van der Waals surface area (Å²) in [6, 6.07) is 2.61. The molecule has 0 heterocycles. The third kappa shape index (κ3) is 2.84. The Hall–Kier alpha value is -1.69. The number of nitro groups is 1. The first-order valence-electron chi connectivity index (χ1n) is 6.44. The van der Waals surface area contributed by atoms with E-state index in [-0.39, 0.29) is 11.7 Å². The normalized spacial score (nSPS) is 22.5. The van der Waals surface area contributed by atoms with Crippen LogP contribution in [0.5, 0.6) is 0 Å². The molecular weight excluding hydrogens is 249 g/mol. The number of anilines is 1. The van der Waals surface area contributed by atoms with E-state index < -0.39 is 10.7 Å². The van der Waals surface area contributed by atoms with Crippen molar-refractivity contribution in [2.24, 2.45) is 11.7 Å². The molecule has 1 fully saturated rings. The average Bonchev–Trinajstić information content (AvgIpc) is 2.80. The predicted octanol–water partition coefficient (Wildman–Crippen LogP) is 2.58. The van der Waals surface area contributed by atoms with Crippen LogP contribution in [0.3, 0.4) is 0 Å². The average molecular weight is 267 g/mol. The second-order valence-electron chi connectivity index (χ2n) is 5.05. The van der Waals surface area contributed by atoms with E-state index in [1.54, 1.807) is 6.92 Å².